The van der Waals surface area contributed by atoms with Crippen molar-refractivity contribution in [2.75, 3.05) is 6.26 Å². The van der Waals surface area contributed by atoms with Gasteiger partial charge in [0.15, 0.2) is 15.7 Å². The van der Waals surface area contributed by atoms with Gasteiger partial charge in [-0.2, -0.15) is 10.2 Å². The lowest BCUT2D eigenvalue weighted by Gasteiger charge is -2.48. The number of aromatic amines is 1. The van der Waals surface area contributed by atoms with Crippen molar-refractivity contribution < 1.29 is 13.2 Å². The Kier molecular flexibility index (Phi) is 8.97. The van der Waals surface area contributed by atoms with Crippen LogP contribution in [-0.4, -0.2) is 73.3 Å². The number of carbonyl (C=O) groups is 1. The summed E-state index contributed by atoms with van der Waals surface area (Å²) < 4.78 is 29.0. The molecule has 1 aromatic carbocycles. The lowest BCUT2D eigenvalue weighted by molar-refractivity contribution is 0.0370. The number of hydrogen-bond acceptors (Lipinski definition) is 8. The number of nitrogens with one attached hydrogen (secondary N) is 2. The molecule has 2 fully saturated rings. The molecule has 2 atom stereocenters. The third-order valence-electron chi connectivity index (χ3n) is 10.0. The highest BCUT2D eigenvalue weighted by Gasteiger charge is 2.52. The van der Waals surface area contributed by atoms with Crippen LogP contribution in [0, 0.1) is 17.7 Å². The highest BCUT2D eigenvalue weighted by Crippen LogP contribution is 2.54. The van der Waals surface area contributed by atoms with Crippen LogP contribution in [0.5, 0.6) is 0 Å². The molecule has 2 N–H and O–H groups in total. The number of benzene rings is 1. The molecule has 5 heterocycles. The minimum atomic E-state index is -3.85. The van der Waals surface area contributed by atoms with Crippen LogP contribution < -0.4 is 0 Å². The summed E-state index contributed by atoms with van der Waals surface area (Å²) in [5, 5.41) is 20.6. The van der Waals surface area contributed by atoms with Crippen molar-refractivity contribution in [3.8, 4) is 22.4 Å². The zero-order valence-electron chi connectivity index (χ0n) is 27.4. The molecule has 0 saturated carbocycles. The molecule has 6 rings (SSSR count). The summed E-state index contributed by atoms with van der Waals surface area (Å²) in [6.45, 7) is 6.05. The van der Waals surface area contributed by atoms with Gasteiger partial charge in [0.05, 0.1) is 17.6 Å². The maximum absolute atomic E-state index is 13.8. The minimum absolute atomic E-state index is 0.0533. The number of nitrogens with zero attached hydrogens (tertiary/aromatic N) is 6. The molecule has 11 nitrogen and oxygen atoms in total. The van der Waals surface area contributed by atoms with E-state index in [4.69, 9.17) is 0 Å². The van der Waals surface area contributed by atoms with Gasteiger partial charge < -0.3 is 4.90 Å². The van der Waals surface area contributed by atoms with Crippen molar-refractivity contribution in [2.45, 2.75) is 84.2 Å². The summed E-state index contributed by atoms with van der Waals surface area (Å²) in [6, 6.07) is 13.8. The molecule has 12 heteroatoms. The van der Waals surface area contributed by atoms with Crippen LogP contribution in [0.1, 0.15) is 81.5 Å². The number of allylic oxidation sites excluding steroid dienone is 2. The Bertz CT molecular complexity index is 1880. The summed E-state index contributed by atoms with van der Waals surface area (Å²) in [5.74, 6) is -0.0847. The molecule has 2 aliphatic rings. The van der Waals surface area contributed by atoms with Crippen molar-refractivity contribution in [2.24, 2.45) is 5.41 Å². The van der Waals surface area contributed by atoms with Gasteiger partial charge in [-0.1, -0.05) is 56.7 Å². The number of sulfone groups is 1. The van der Waals surface area contributed by atoms with E-state index in [9.17, 15) is 18.6 Å². The van der Waals surface area contributed by atoms with Crippen molar-refractivity contribution in [3.63, 3.8) is 0 Å². The first-order chi connectivity index (χ1) is 22.6. The van der Waals surface area contributed by atoms with E-state index in [-0.39, 0.29) is 34.6 Å². The number of aromatic nitrogens is 6. The zero-order valence-corrected chi connectivity index (χ0v) is 28.2. The second kappa shape index (κ2) is 13.0. The number of unbranched alkanes of at least 4 members (excludes halogenated alkanes) is 1. The van der Waals surface area contributed by atoms with Crippen LogP contribution in [0.3, 0.4) is 0 Å². The number of fused-ring (bicyclic) bond motifs is 2. The Labute approximate surface area is 276 Å². The molecule has 2 bridgehead atoms. The Morgan fingerprint density at radius 3 is 2.32 bits per heavy atom. The van der Waals surface area contributed by atoms with Crippen LogP contribution >= 0.6 is 0 Å². The Morgan fingerprint density at radius 2 is 1.74 bits per heavy atom. The smallest absolute Gasteiger partial charge is 0.291 e. The van der Waals surface area contributed by atoms with Gasteiger partial charge in [-0.05, 0) is 68.9 Å². The fourth-order valence-electron chi connectivity index (χ4n) is 7.72. The van der Waals surface area contributed by atoms with Crippen LogP contribution in [0.15, 0.2) is 71.7 Å². The van der Waals surface area contributed by atoms with E-state index < -0.39 is 15.3 Å². The van der Waals surface area contributed by atoms with Gasteiger partial charge in [0, 0.05) is 41.2 Å². The van der Waals surface area contributed by atoms with E-state index in [1.54, 1.807) is 12.4 Å². The van der Waals surface area contributed by atoms with E-state index >= 15 is 0 Å². The number of hydrogen-bond donors (Lipinski definition) is 2. The monoisotopic (exact) mass is 654 g/mol. The molecule has 1 amide bonds. The predicted molar refractivity (Wildman–Crippen MR) is 181 cm³/mol. The predicted octanol–water partition coefficient (Wildman–Crippen LogP) is 6.22. The maximum Gasteiger partial charge on any atom is 0.291 e. The second-order valence-electron chi connectivity index (χ2n) is 12.9. The van der Waals surface area contributed by atoms with Gasteiger partial charge in [-0.3, -0.25) is 20.3 Å². The van der Waals surface area contributed by atoms with Gasteiger partial charge in [0.25, 0.3) is 5.91 Å². The highest BCUT2D eigenvalue weighted by atomic mass is 32.2. The summed E-state index contributed by atoms with van der Waals surface area (Å²) in [4.78, 5) is 24.2. The number of carbonyl (C=O) groups excluding carboxylic acids is 1. The zero-order chi connectivity index (χ0) is 33.3. The van der Waals surface area contributed by atoms with Crippen molar-refractivity contribution in [1.82, 2.24) is 34.8 Å². The molecule has 246 valence electrons. The molecule has 0 aliphatic carbocycles. The third kappa shape index (κ3) is 6.06. The summed E-state index contributed by atoms with van der Waals surface area (Å²) in [6.07, 6.45) is 11.9. The summed E-state index contributed by atoms with van der Waals surface area (Å²) in [5.41, 5.74) is 4.46. The number of H-pyrrole nitrogens is 1. The lowest BCUT2D eigenvalue weighted by atomic mass is 9.66. The number of piperidine rings is 1. The molecule has 3 aromatic heterocycles. The standard InChI is InChI=1S/C35H42N8O3S/c1-5-7-13-29(35(6-2)18-26-15-16-27(19-35)42(26)34(44)33-38-22-39-41-33)31(47(4,45)46)32(36)43-23(3)28(21-40-43)25-14-17-30(37-20-25)24-11-9-8-10-12-24/h8-12,14,17,20-22,26-27,36H,5-7,13,15-16,18-19H2,1-4H3,(H,38,39,41)/b31-29-,36-32?. The topological polar surface area (TPSA) is 151 Å². The fraction of sp³-hybridized carbons (Fsp3) is 0.429. The first kappa shape index (κ1) is 32.5. The Balaban J connectivity index is 1.38. The van der Waals surface area contributed by atoms with E-state index in [0.29, 0.717) is 31.4 Å². The van der Waals surface area contributed by atoms with Crippen molar-refractivity contribution >= 4 is 21.6 Å². The normalized spacial score (nSPS) is 21.5. The second-order valence-corrected chi connectivity index (χ2v) is 14.8. The minimum Gasteiger partial charge on any atom is -0.330 e. The number of amides is 1. The molecule has 0 radical (unpaired) electrons. The molecular formula is C35H42N8O3S. The lowest BCUT2D eigenvalue weighted by Crippen LogP contribution is -2.51. The van der Waals surface area contributed by atoms with Gasteiger partial charge in [-0.25, -0.2) is 18.1 Å². The van der Waals surface area contributed by atoms with E-state index in [2.05, 4.69) is 39.1 Å². The first-order valence-corrected chi connectivity index (χ1v) is 18.2. The number of rotatable bonds is 10. The maximum atomic E-state index is 13.8. The quantitative estimate of drug-likeness (QED) is 0.152. The first-order valence-electron chi connectivity index (χ1n) is 16.4. The SMILES string of the molecule is CCCC/C(=C(\C(=N)n1ncc(-c2ccc(-c3ccccc3)nc2)c1C)S(C)(=O)=O)C1(CC)CC2CCC(C1)N2C(=O)c1ncn[nH]1. The molecule has 0 spiro atoms. The van der Waals surface area contributed by atoms with Crippen molar-refractivity contribution in [1.29, 1.82) is 5.41 Å². The average Bonchev–Trinajstić information content (AvgIpc) is 3.81. The summed E-state index contributed by atoms with van der Waals surface area (Å²) in [7, 11) is -3.85. The van der Waals surface area contributed by atoms with Crippen LogP contribution in [0.25, 0.3) is 22.4 Å². The fourth-order valence-corrected chi connectivity index (χ4v) is 8.92. The molecular weight excluding hydrogens is 613 g/mol. The molecule has 2 aliphatic heterocycles. The van der Waals surface area contributed by atoms with Gasteiger partial charge in [-0.15, -0.1) is 0 Å². The van der Waals surface area contributed by atoms with E-state index in [1.807, 2.05) is 54.3 Å². The van der Waals surface area contributed by atoms with E-state index in [0.717, 1.165) is 53.6 Å². The Hall–Kier alpha value is -4.45. The highest BCUT2D eigenvalue weighted by molar-refractivity contribution is 7.95. The van der Waals surface area contributed by atoms with Crippen LogP contribution in [0.2, 0.25) is 0 Å². The molecule has 47 heavy (non-hydrogen) atoms. The average molecular weight is 655 g/mol. The van der Waals surface area contributed by atoms with E-state index in [1.165, 1.54) is 17.3 Å². The van der Waals surface area contributed by atoms with Gasteiger partial charge >= 0.3 is 0 Å². The molecule has 2 unspecified atom stereocenters. The van der Waals surface area contributed by atoms with Crippen LogP contribution in [0.4, 0.5) is 0 Å². The Morgan fingerprint density at radius 1 is 1.02 bits per heavy atom. The molecule has 2 saturated heterocycles. The van der Waals surface area contributed by atoms with Gasteiger partial charge in [0.2, 0.25) is 5.82 Å². The third-order valence-corrected chi connectivity index (χ3v) is 11.2. The molecule has 4 aromatic rings. The van der Waals surface area contributed by atoms with Gasteiger partial charge in [0.1, 0.15) is 11.2 Å². The number of pyridine rings is 1. The van der Waals surface area contributed by atoms with Crippen molar-refractivity contribution in [3.05, 3.63) is 83.2 Å². The van der Waals surface area contributed by atoms with Crippen LogP contribution in [-0.2, 0) is 9.84 Å². The summed E-state index contributed by atoms with van der Waals surface area (Å²) >= 11 is 0. The largest absolute Gasteiger partial charge is 0.330 e.